The van der Waals surface area contributed by atoms with Gasteiger partial charge in [0.2, 0.25) is 0 Å². The number of thiophene rings is 1. The van der Waals surface area contributed by atoms with Gasteiger partial charge in [0.1, 0.15) is 5.82 Å². The van der Waals surface area contributed by atoms with Crippen molar-refractivity contribution in [1.29, 1.82) is 0 Å². The lowest BCUT2D eigenvalue weighted by Gasteiger charge is -2.04. The molecule has 0 radical (unpaired) electrons. The van der Waals surface area contributed by atoms with E-state index in [9.17, 15) is 4.79 Å². The normalized spacial score (nSPS) is 11.1. The second kappa shape index (κ2) is 4.79. The minimum Gasteiger partial charge on any atom is -0.320 e. The van der Waals surface area contributed by atoms with Gasteiger partial charge in [-0.05, 0) is 31.2 Å². The van der Waals surface area contributed by atoms with Gasteiger partial charge in [-0.1, -0.05) is 23.7 Å². The van der Waals surface area contributed by atoms with E-state index >= 15 is 0 Å². The molecule has 0 atom stereocenters. The Morgan fingerprint density at radius 3 is 2.84 bits per heavy atom. The summed E-state index contributed by atoms with van der Waals surface area (Å²) in [6.45, 7) is 2.21. The summed E-state index contributed by atoms with van der Waals surface area (Å²) < 4.78 is 2.57. The van der Waals surface area contributed by atoms with Crippen LogP contribution in [0.5, 0.6) is 0 Å². The Kier molecular flexibility index (Phi) is 3.12. The van der Waals surface area contributed by atoms with E-state index in [1.165, 1.54) is 11.3 Å². The van der Waals surface area contributed by atoms with E-state index in [1.807, 2.05) is 35.8 Å². The van der Waals surface area contributed by atoms with Gasteiger partial charge in [-0.15, -0.1) is 11.3 Å². The predicted octanol–water partition coefficient (Wildman–Crippen LogP) is 3.94. The van der Waals surface area contributed by atoms with Crippen molar-refractivity contribution in [1.82, 2.24) is 9.55 Å². The van der Waals surface area contributed by atoms with E-state index in [0.29, 0.717) is 15.8 Å². The Bertz CT molecular complexity index is 760. The first-order chi connectivity index (χ1) is 9.15. The number of aryl methyl sites for hydroxylation is 1. The Labute approximate surface area is 119 Å². The van der Waals surface area contributed by atoms with E-state index in [-0.39, 0.29) is 5.78 Å². The van der Waals surface area contributed by atoms with Crippen LogP contribution in [0, 0.1) is 6.92 Å². The fourth-order valence-corrected chi connectivity index (χ4v) is 3.05. The lowest BCUT2D eigenvalue weighted by molar-refractivity contribution is 0.0976. The number of benzene rings is 1. The van der Waals surface area contributed by atoms with Crippen molar-refractivity contribution in [3.8, 4) is 0 Å². The van der Waals surface area contributed by atoms with E-state index < -0.39 is 0 Å². The highest BCUT2D eigenvalue weighted by Crippen LogP contribution is 2.23. The number of hydrogen-bond acceptors (Lipinski definition) is 3. The maximum Gasteiger partial charge on any atom is 0.192 e. The second-order valence-corrected chi connectivity index (χ2v) is 5.98. The SMILES string of the molecule is Cc1nc2ccccc2n1CC(=O)c1ccc(Cl)s1. The summed E-state index contributed by atoms with van der Waals surface area (Å²) in [5, 5.41) is 0. The molecule has 2 heterocycles. The average molecular weight is 291 g/mol. The molecule has 3 rings (SSSR count). The zero-order chi connectivity index (χ0) is 13.4. The number of carbonyl (C=O) groups is 1. The third-order valence-corrected chi connectivity index (χ3v) is 4.27. The predicted molar refractivity (Wildman–Crippen MR) is 78.1 cm³/mol. The molecule has 0 aliphatic rings. The molecule has 0 fully saturated rings. The molecule has 0 bridgehead atoms. The number of hydrogen-bond donors (Lipinski definition) is 0. The molecule has 5 heteroatoms. The van der Waals surface area contributed by atoms with Gasteiger partial charge in [0.25, 0.3) is 0 Å². The second-order valence-electron chi connectivity index (χ2n) is 4.26. The van der Waals surface area contributed by atoms with Crippen LogP contribution in [0.25, 0.3) is 11.0 Å². The zero-order valence-electron chi connectivity index (χ0n) is 10.3. The van der Waals surface area contributed by atoms with Crippen LogP contribution in [0.15, 0.2) is 36.4 Å². The fraction of sp³-hybridized carbons (Fsp3) is 0.143. The number of fused-ring (bicyclic) bond motifs is 1. The maximum atomic E-state index is 12.2. The molecular formula is C14H11ClN2OS. The molecule has 0 amide bonds. The molecule has 19 heavy (non-hydrogen) atoms. The average Bonchev–Trinajstić information content (AvgIpc) is 2.95. The van der Waals surface area contributed by atoms with Crippen LogP contribution in [-0.2, 0) is 6.54 Å². The molecule has 0 saturated heterocycles. The van der Waals surface area contributed by atoms with Crippen molar-refractivity contribution in [3.05, 3.63) is 51.4 Å². The van der Waals surface area contributed by atoms with E-state index in [4.69, 9.17) is 11.6 Å². The van der Waals surface area contributed by atoms with Crippen molar-refractivity contribution in [2.24, 2.45) is 0 Å². The lowest BCUT2D eigenvalue weighted by atomic mass is 10.3. The Morgan fingerprint density at radius 2 is 2.11 bits per heavy atom. The van der Waals surface area contributed by atoms with E-state index in [2.05, 4.69) is 4.98 Å². The van der Waals surface area contributed by atoms with Gasteiger partial charge >= 0.3 is 0 Å². The molecule has 0 unspecified atom stereocenters. The van der Waals surface area contributed by atoms with Crippen LogP contribution in [0.1, 0.15) is 15.5 Å². The smallest absolute Gasteiger partial charge is 0.192 e. The molecular weight excluding hydrogens is 280 g/mol. The summed E-state index contributed by atoms with van der Waals surface area (Å²) in [4.78, 5) is 17.4. The number of rotatable bonds is 3. The number of halogens is 1. The molecule has 96 valence electrons. The van der Waals surface area contributed by atoms with Crippen LogP contribution in [0.2, 0.25) is 4.34 Å². The van der Waals surface area contributed by atoms with Gasteiger partial charge < -0.3 is 4.57 Å². The number of aromatic nitrogens is 2. The summed E-state index contributed by atoms with van der Waals surface area (Å²) in [5.41, 5.74) is 1.90. The number of imidazole rings is 1. The Morgan fingerprint density at radius 1 is 1.32 bits per heavy atom. The van der Waals surface area contributed by atoms with Crippen LogP contribution in [0.4, 0.5) is 0 Å². The fourth-order valence-electron chi connectivity index (χ4n) is 2.08. The zero-order valence-corrected chi connectivity index (χ0v) is 11.8. The highest BCUT2D eigenvalue weighted by molar-refractivity contribution is 7.18. The Hall–Kier alpha value is -1.65. The van der Waals surface area contributed by atoms with Gasteiger partial charge in [0, 0.05) is 0 Å². The minimum absolute atomic E-state index is 0.0585. The first kappa shape index (κ1) is 12.4. The quantitative estimate of drug-likeness (QED) is 0.685. The van der Waals surface area contributed by atoms with Crippen LogP contribution in [-0.4, -0.2) is 15.3 Å². The maximum absolute atomic E-state index is 12.2. The standard InChI is InChI=1S/C14H11ClN2OS/c1-9-16-10-4-2-3-5-11(10)17(9)8-12(18)13-6-7-14(15)19-13/h2-7H,8H2,1H3. The molecule has 0 aliphatic heterocycles. The molecule has 0 saturated carbocycles. The number of Topliss-reactive ketones (excluding diaryl/α,β-unsaturated/α-hetero) is 1. The summed E-state index contributed by atoms with van der Waals surface area (Å²) in [6.07, 6.45) is 0. The monoisotopic (exact) mass is 290 g/mol. The van der Waals surface area contributed by atoms with Crippen LogP contribution >= 0.6 is 22.9 Å². The number of para-hydroxylation sites is 2. The van der Waals surface area contributed by atoms with Gasteiger partial charge in [-0.3, -0.25) is 4.79 Å². The van der Waals surface area contributed by atoms with Crippen molar-refractivity contribution in [2.45, 2.75) is 13.5 Å². The van der Waals surface area contributed by atoms with Crippen LogP contribution in [0.3, 0.4) is 0 Å². The van der Waals surface area contributed by atoms with Crippen molar-refractivity contribution in [2.75, 3.05) is 0 Å². The van der Waals surface area contributed by atoms with Gasteiger partial charge in [0.15, 0.2) is 5.78 Å². The summed E-state index contributed by atoms with van der Waals surface area (Å²) in [6, 6.07) is 11.3. The number of nitrogens with zero attached hydrogens (tertiary/aromatic N) is 2. The van der Waals surface area contributed by atoms with Crippen molar-refractivity contribution >= 4 is 39.8 Å². The molecule has 0 spiro atoms. The van der Waals surface area contributed by atoms with Crippen molar-refractivity contribution < 1.29 is 4.79 Å². The molecule has 0 N–H and O–H groups in total. The first-order valence-corrected chi connectivity index (χ1v) is 7.05. The van der Waals surface area contributed by atoms with E-state index in [1.54, 1.807) is 12.1 Å². The third kappa shape index (κ3) is 2.29. The van der Waals surface area contributed by atoms with Crippen LogP contribution < -0.4 is 0 Å². The largest absolute Gasteiger partial charge is 0.320 e. The number of ketones is 1. The topological polar surface area (TPSA) is 34.9 Å². The first-order valence-electron chi connectivity index (χ1n) is 5.85. The van der Waals surface area contributed by atoms with Gasteiger partial charge in [-0.25, -0.2) is 4.98 Å². The summed E-state index contributed by atoms with van der Waals surface area (Å²) >= 11 is 7.17. The highest BCUT2D eigenvalue weighted by Gasteiger charge is 2.13. The Balaban J connectivity index is 1.97. The summed E-state index contributed by atoms with van der Waals surface area (Å²) in [7, 11) is 0. The lowest BCUT2D eigenvalue weighted by Crippen LogP contribution is -2.10. The van der Waals surface area contributed by atoms with Crippen molar-refractivity contribution in [3.63, 3.8) is 0 Å². The minimum atomic E-state index is 0.0585. The van der Waals surface area contributed by atoms with E-state index in [0.717, 1.165) is 16.9 Å². The molecule has 0 aliphatic carbocycles. The van der Waals surface area contributed by atoms with Gasteiger partial charge in [0.05, 0.1) is 26.8 Å². The third-order valence-electron chi connectivity index (χ3n) is 3.00. The molecule has 3 aromatic rings. The van der Waals surface area contributed by atoms with Gasteiger partial charge in [-0.2, -0.15) is 0 Å². The molecule has 2 aromatic heterocycles. The molecule has 1 aromatic carbocycles. The highest BCUT2D eigenvalue weighted by atomic mass is 35.5. The molecule has 3 nitrogen and oxygen atoms in total. The summed E-state index contributed by atoms with van der Waals surface area (Å²) in [5.74, 6) is 0.903. The number of carbonyl (C=O) groups excluding carboxylic acids is 1.